The molecule has 0 aliphatic carbocycles. The fourth-order valence-corrected chi connectivity index (χ4v) is 2.37. The van der Waals surface area contributed by atoms with Crippen molar-refractivity contribution in [3.63, 3.8) is 0 Å². The van der Waals surface area contributed by atoms with Crippen LogP contribution in [0.3, 0.4) is 0 Å². The molecule has 22 heavy (non-hydrogen) atoms. The molecule has 0 aliphatic rings. The molecule has 0 aliphatic heterocycles. The Morgan fingerprint density at radius 3 is 1.82 bits per heavy atom. The minimum atomic E-state index is 0.354. The molecular weight excluding hydrogens is 272 g/mol. The Bertz CT molecular complexity index is 755. The molecule has 0 bridgehead atoms. The van der Waals surface area contributed by atoms with E-state index in [2.05, 4.69) is 22.1 Å². The number of hydrogen-bond acceptors (Lipinski definition) is 4. The van der Waals surface area contributed by atoms with Crippen molar-refractivity contribution in [1.82, 2.24) is 9.97 Å². The van der Waals surface area contributed by atoms with Gasteiger partial charge in [-0.05, 0) is 11.1 Å². The average Bonchev–Trinajstić information content (AvgIpc) is 2.54. The fraction of sp³-hybridized carbons (Fsp3) is 0.111. The van der Waals surface area contributed by atoms with E-state index in [1.807, 2.05) is 48.5 Å². The van der Waals surface area contributed by atoms with E-state index in [0.29, 0.717) is 30.2 Å². The minimum Gasteiger partial charge on any atom is -0.394 e. The Kier molecular flexibility index (Phi) is 4.01. The van der Waals surface area contributed by atoms with Gasteiger partial charge >= 0.3 is 0 Å². The van der Waals surface area contributed by atoms with Crippen molar-refractivity contribution in [2.24, 2.45) is 0 Å². The lowest BCUT2D eigenvalue weighted by Gasteiger charge is -2.10. The molecule has 0 unspecified atom stereocenters. The predicted octanol–water partition coefficient (Wildman–Crippen LogP) is 2.82. The largest absolute Gasteiger partial charge is 0.394 e. The summed E-state index contributed by atoms with van der Waals surface area (Å²) in [7, 11) is 0. The van der Waals surface area contributed by atoms with Crippen molar-refractivity contribution in [2.75, 3.05) is 11.5 Å². The van der Waals surface area contributed by atoms with Gasteiger partial charge in [-0.25, -0.2) is 9.97 Å². The molecule has 0 atom stereocenters. The van der Waals surface area contributed by atoms with Gasteiger partial charge in [0.25, 0.3) is 0 Å². The third-order valence-electron chi connectivity index (χ3n) is 3.52. The Morgan fingerprint density at radius 2 is 1.23 bits per heavy atom. The van der Waals surface area contributed by atoms with Crippen LogP contribution in [0, 0.1) is 0 Å². The highest BCUT2D eigenvalue weighted by Gasteiger charge is 2.10. The molecule has 4 nitrogen and oxygen atoms in total. The molecule has 4 N–H and O–H groups in total. The van der Waals surface area contributed by atoms with Crippen LogP contribution in [0.25, 0.3) is 0 Å². The normalized spacial score (nSPS) is 10.5. The summed E-state index contributed by atoms with van der Waals surface area (Å²) in [5.41, 5.74) is 15.6. The molecule has 110 valence electrons. The summed E-state index contributed by atoms with van der Waals surface area (Å²) >= 11 is 0. The SMILES string of the molecule is Nc1nc(Cc2ccccc2)nc(Cc2ccccc2)c1N. The number of hydrogen-bond donors (Lipinski definition) is 2. The first-order chi connectivity index (χ1) is 10.7. The Labute approximate surface area is 129 Å². The van der Waals surface area contributed by atoms with E-state index in [9.17, 15) is 0 Å². The Morgan fingerprint density at radius 1 is 0.682 bits per heavy atom. The first-order valence-corrected chi connectivity index (χ1v) is 7.21. The van der Waals surface area contributed by atoms with E-state index < -0.39 is 0 Å². The van der Waals surface area contributed by atoms with Crippen LogP contribution < -0.4 is 11.5 Å². The van der Waals surface area contributed by atoms with Crippen LogP contribution in [0.4, 0.5) is 11.5 Å². The monoisotopic (exact) mass is 290 g/mol. The second kappa shape index (κ2) is 6.26. The van der Waals surface area contributed by atoms with Crippen molar-refractivity contribution in [3.8, 4) is 0 Å². The maximum Gasteiger partial charge on any atom is 0.150 e. The van der Waals surface area contributed by atoms with E-state index in [-0.39, 0.29) is 0 Å². The zero-order chi connectivity index (χ0) is 15.4. The van der Waals surface area contributed by atoms with Gasteiger partial charge in [-0.3, -0.25) is 0 Å². The molecule has 1 heterocycles. The predicted molar refractivity (Wildman–Crippen MR) is 89.4 cm³/mol. The van der Waals surface area contributed by atoms with Crippen molar-refractivity contribution in [3.05, 3.63) is 83.3 Å². The lowest BCUT2D eigenvalue weighted by molar-refractivity contribution is 0.927. The molecule has 1 aromatic heterocycles. The van der Waals surface area contributed by atoms with Crippen molar-refractivity contribution < 1.29 is 0 Å². The summed E-state index contributed by atoms with van der Waals surface area (Å²) in [5.74, 6) is 1.05. The van der Waals surface area contributed by atoms with Gasteiger partial charge in [0.1, 0.15) is 5.82 Å². The summed E-state index contributed by atoms with van der Waals surface area (Å²) in [6.45, 7) is 0. The zero-order valence-electron chi connectivity index (χ0n) is 12.2. The molecule has 3 aromatic rings. The lowest BCUT2D eigenvalue weighted by Crippen LogP contribution is -2.10. The van der Waals surface area contributed by atoms with Gasteiger partial charge in [-0.1, -0.05) is 60.7 Å². The van der Waals surface area contributed by atoms with E-state index in [0.717, 1.165) is 16.8 Å². The second-order valence-electron chi connectivity index (χ2n) is 5.21. The number of nitrogens with zero attached hydrogens (tertiary/aromatic N) is 2. The van der Waals surface area contributed by atoms with Gasteiger partial charge in [0.05, 0.1) is 11.4 Å². The summed E-state index contributed by atoms with van der Waals surface area (Å²) in [6, 6.07) is 20.2. The molecule has 0 saturated carbocycles. The van der Waals surface area contributed by atoms with Gasteiger partial charge in [0.2, 0.25) is 0 Å². The molecule has 0 saturated heterocycles. The third-order valence-corrected chi connectivity index (χ3v) is 3.52. The van der Waals surface area contributed by atoms with Crippen LogP contribution in [0.5, 0.6) is 0 Å². The number of nitrogen functional groups attached to an aromatic ring is 2. The second-order valence-corrected chi connectivity index (χ2v) is 5.21. The maximum atomic E-state index is 6.04. The van der Waals surface area contributed by atoms with E-state index in [4.69, 9.17) is 11.5 Å². The molecular formula is C18H18N4. The maximum absolute atomic E-state index is 6.04. The number of anilines is 2. The molecule has 4 heteroatoms. The van der Waals surface area contributed by atoms with Gasteiger partial charge in [-0.15, -0.1) is 0 Å². The molecule has 2 aromatic carbocycles. The Balaban J connectivity index is 1.90. The average molecular weight is 290 g/mol. The molecule has 0 spiro atoms. The number of rotatable bonds is 4. The summed E-state index contributed by atoms with van der Waals surface area (Å²) < 4.78 is 0. The highest BCUT2D eigenvalue weighted by molar-refractivity contribution is 5.61. The highest BCUT2D eigenvalue weighted by atomic mass is 15.0. The van der Waals surface area contributed by atoms with E-state index in [1.165, 1.54) is 0 Å². The quantitative estimate of drug-likeness (QED) is 0.774. The van der Waals surface area contributed by atoms with Gasteiger partial charge in [0, 0.05) is 12.8 Å². The smallest absolute Gasteiger partial charge is 0.150 e. The van der Waals surface area contributed by atoms with Crippen LogP contribution in [-0.4, -0.2) is 9.97 Å². The zero-order valence-corrected chi connectivity index (χ0v) is 12.2. The van der Waals surface area contributed by atoms with Crippen LogP contribution in [0.2, 0.25) is 0 Å². The molecule has 0 radical (unpaired) electrons. The molecule has 3 rings (SSSR count). The first-order valence-electron chi connectivity index (χ1n) is 7.21. The number of benzene rings is 2. The third kappa shape index (κ3) is 3.23. The van der Waals surface area contributed by atoms with Crippen LogP contribution in [0.1, 0.15) is 22.6 Å². The van der Waals surface area contributed by atoms with Crippen molar-refractivity contribution in [2.45, 2.75) is 12.8 Å². The fourth-order valence-electron chi connectivity index (χ4n) is 2.37. The summed E-state index contributed by atoms with van der Waals surface area (Å²) in [6.07, 6.45) is 1.30. The Hall–Kier alpha value is -2.88. The van der Waals surface area contributed by atoms with Crippen LogP contribution in [0.15, 0.2) is 60.7 Å². The minimum absolute atomic E-state index is 0.354. The van der Waals surface area contributed by atoms with Gasteiger partial charge in [-0.2, -0.15) is 0 Å². The lowest BCUT2D eigenvalue weighted by atomic mass is 10.1. The first kappa shape index (κ1) is 14.1. The van der Waals surface area contributed by atoms with Crippen LogP contribution in [-0.2, 0) is 12.8 Å². The molecule has 0 fully saturated rings. The number of aromatic nitrogens is 2. The molecule has 0 amide bonds. The topological polar surface area (TPSA) is 77.8 Å². The summed E-state index contributed by atoms with van der Waals surface area (Å²) in [4.78, 5) is 8.92. The van der Waals surface area contributed by atoms with Gasteiger partial charge < -0.3 is 11.5 Å². The van der Waals surface area contributed by atoms with Crippen molar-refractivity contribution >= 4 is 11.5 Å². The van der Waals surface area contributed by atoms with Crippen molar-refractivity contribution in [1.29, 1.82) is 0 Å². The summed E-state index contributed by atoms with van der Waals surface area (Å²) in [5, 5.41) is 0. The van der Waals surface area contributed by atoms with E-state index >= 15 is 0 Å². The number of nitrogens with two attached hydrogens (primary N) is 2. The van der Waals surface area contributed by atoms with Gasteiger partial charge in [0.15, 0.2) is 5.82 Å². The standard InChI is InChI=1S/C18H18N4/c19-17-15(11-13-7-3-1-4-8-13)21-16(22-18(17)20)12-14-9-5-2-6-10-14/h1-10H,11-12,19H2,(H2,20,21,22). The van der Waals surface area contributed by atoms with E-state index in [1.54, 1.807) is 0 Å². The highest BCUT2D eigenvalue weighted by Crippen LogP contribution is 2.20. The van der Waals surface area contributed by atoms with Crippen LogP contribution >= 0.6 is 0 Å².